The minimum Gasteiger partial charge on any atom is -0.379 e. The van der Waals surface area contributed by atoms with E-state index in [-0.39, 0.29) is 12.2 Å². The summed E-state index contributed by atoms with van der Waals surface area (Å²) in [5.74, 6) is -0.0375. The van der Waals surface area contributed by atoms with Crippen LogP contribution >= 0.6 is 0 Å². The number of carbonyl (C=O) groups is 1. The number of methoxy groups -OCH3 is 2. The molecule has 0 heterocycles. The molecule has 0 bridgehead atoms. The Morgan fingerprint density at radius 1 is 1.28 bits per heavy atom. The number of para-hydroxylation sites is 1. The van der Waals surface area contributed by atoms with Crippen LogP contribution in [-0.2, 0) is 9.47 Å². The summed E-state index contributed by atoms with van der Waals surface area (Å²) in [5, 5.41) is 3.15. The number of ether oxygens (including phenoxy) is 2. The van der Waals surface area contributed by atoms with Crippen LogP contribution in [0.3, 0.4) is 0 Å². The van der Waals surface area contributed by atoms with Crippen molar-refractivity contribution in [2.24, 2.45) is 0 Å². The molecule has 100 valence electrons. The number of benzene rings is 1. The molecule has 1 aromatic carbocycles. The maximum absolute atomic E-state index is 12.0. The second-order valence-electron chi connectivity index (χ2n) is 4.03. The van der Waals surface area contributed by atoms with Crippen LogP contribution < -0.4 is 5.32 Å². The lowest BCUT2D eigenvalue weighted by molar-refractivity contribution is -0.0914. The Balaban J connectivity index is 2.79. The molecule has 0 saturated carbocycles. The van der Waals surface area contributed by atoms with Crippen molar-refractivity contribution in [3.05, 3.63) is 29.8 Å². The van der Waals surface area contributed by atoms with Crippen molar-refractivity contribution >= 4 is 11.6 Å². The van der Waals surface area contributed by atoms with Gasteiger partial charge in [-0.1, -0.05) is 12.1 Å². The smallest absolute Gasteiger partial charge is 0.255 e. The summed E-state index contributed by atoms with van der Waals surface area (Å²) in [6.07, 6.45) is -0.340. The lowest BCUT2D eigenvalue weighted by Gasteiger charge is -2.18. The summed E-state index contributed by atoms with van der Waals surface area (Å²) in [5.41, 5.74) is 1.41. The highest BCUT2D eigenvalue weighted by Gasteiger charge is 2.13. The summed E-state index contributed by atoms with van der Waals surface area (Å²) in [6.45, 7) is 0.477. The van der Waals surface area contributed by atoms with Gasteiger partial charge in [0.05, 0.1) is 12.1 Å². The van der Waals surface area contributed by atoms with Crippen LogP contribution in [0.15, 0.2) is 24.3 Å². The topological polar surface area (TPSA) is 50.8 Å². The lowest BCUT2D eigenvalue weighted by Crippen LogP contribution is -2.26. The summed E-state index contributed by atoms with van der Waals surface area (Å²) >= 11 is 0. The van der Waals surface area contributed by atoms with Crippen molar-refractivity contribution in [1.82, 2.24) is 4.90 Å². The fourth-order valence-electron chi connectivity index (χ4n) is 1.52. The van der Waals surface area contributed by atoms with Crippen LogP contribution in [-0.4, -0.2) is 52.0 Å². The molecule has 1 amide bonds. The van der Waals surface area contributed by atoms with E-state index in [1.807, 2.05) is 18.2 Å². The molecular weight excluding hydrogens is 232 g/mol. The van der Waals surface area contributed by atoms with E-state index in [4.69, 9.17) is 9.47 Å². The Morgan fingerprint density at radius 2 is 1.89 bits per heavy atom. The molecule has 0 aromatic heterocycles. The Morgan fingerprint density at radius 3 is 2.44 bits per heavy atom. The molecule has 0 unspecified atom stereocenters. The van der Waals surface area contributed by atoms with Crippen molar-refractivity contribution in [2.45, 2.75) is 6.29 Å². The van der Waals surface area contributed by atoms with Gasteiger partial charge in [0.1, 0.15) is 0 Å². The van der Waals surface area contributed by atoms with Gasteiger partial charge < -0.3 is 19.7 Å². The quantitative estimate of drug-likeness (QED) is 0.778. The normalized spacial score (nSPS) is 10.5. The number of hydrogen-bond acceptors (Lipinski definition) is 4. The van der Waals surface area contributed by atoms with E-state index >= 15 is 0 Å². The standard InChI is InChI=1S/C13H20N2O3/c1-15(2)13(16)10-7-5-6-8-11(10)14-9-12(17-3)18-4/h5-8,12,14H,9H2,1-4H3. The molecule has 1 N–H and O–H groups in total. The predicted molar refractivity (Wildman–Crippen MR) is 70.8 cm³/mol. The molecule has 5 heteroatoms. The fraction of sp³-hybridized carbons (Fsp3) is 0.462. The molecular formula is C13H20N2O3. The summed E-state index contributed by atoms with van der Waals surface area (Å²) in [4.78, 5) is 13.5. The van der Waals surface area contributed by atoms with Crippen molar-refractivity contribution in [2.75, 3.05) is 40.2 Å². The van der Waals surface area contributed by atoms with Gasteiger partial charge in [-0.3, -0.25) is 4.79 Å². The number of hydrogen-bond donors (Lipinski definition) is 1. The number of carbonyl (C=O) groups excluding carboxylic acids is 1. The van der Waals surface area contributed by atoms with Gasteiger partial charge in [-0.25, -0.2) is 0 Å². The zero-order chi connectivity index (χ0) is 13.5. The van der Waals surface area contributed by atoms with Gasteiger partial charge in [-0.05, 0) is 12.1 Å². The highest BCUT2D eigenvalue weighted by molar-refractivity contribution is 5.99. The lowest BCUT2D eigenvalue weighted by atomic mass is 10.1. The van der Waals surface area contributed by atoms with Crippen molar-refractivity contribution < 1.29 is 14.3 Å². The molecule has 0 aliphatic rings. The van der Waals surface area contributed by atoms with Gasteiger partial charge in [-0.15, -0.1) is 0 Å². The molecule has 0 aliphatic heterocycles. The number of nitrogens with one attached hydrogen (secondary N) is 1. The molecule has 1 aromatic rings. The maximum Gasteiger partial charge on any atom is 0.255 e. The van der Waals surface area contributed by atoms with E-state index in [0.717, 1.165) is 5.69 Å². The summed E-state index contributed by atoms with van der Waals surface area (Å²) in [6, 6.07) is 7.37. The minimum atomic E-state index is -0.340. The van der Waals surface area contributed by atoms with Gasteiger partial charge >= 0.3 is 0 Å². The second kappa shape index (κ2) is 6.98. The average Bonchev–Trinajstić information content (AvgIpc) is 2.39. The third kappa shape index (κ3) is 3.72. The van der Waals surface area contributed by atoms with Gasteiger partial charge in [0, 0.05) is 34.0 Å². The third-order valence-corrected chi connectivity index (χ3v) is 2.55. The van der Waals surface area contributed by atoms with Crippen LogP contribution in [0.25, 0.3) is 0 Å². The molecule has 0 aliphatic carbocycles. The van der Waals surface area contributed by atoms with Gasteiger partial charge in [0.15, 0.2) is 6.29 Å². The second-order valence-corrected chi connectivity index (χ2v) is 4.03. The Bertz CT molecular complexity index is 390. The monoisotopic (exact) mass is 252 g/mol. The largest absolute Gasteiger partial charge is 0.379 e. The van der Waals surface area contributed by atoms with E-state index in [2.05, 4.69) is 5.32 Å². The van der Waals surface area contributed by atoms with Crippen molar-refractivity contribution in [3.63, 3.8) is 0 Å². The first-order chi connectivity index (χ1) is 8.60. The fourth-order valence-corrected chi connectivity index (χ4v) is 1.52. The minimum absolute atomic E-state index is 0.0375. The SMILES string of the molecule is COC(CNc1ccccc1C(=O)N(C)C)OC. The van der Waals surface area contributed by atoms with Crippen LogP contribution in [0.2, 0.25) is 0 Å². The van der Waals surface area contributed by atoms with Crippen molar-refractivity contribution in [3.8, 4) is 0 Å². The maximum atomic E-state index is 12.0. The molecule has 5 nitrogen and oxygen atoms in total. The Hall–Kier alpha value is -1.59. The molecule has 1 rings (SSSR count). The van der Waals surface area contributed by atoms with Gasteiger partial charge in [0.25, 0.3) is 5.91 Å². The Labute approximate surface area is 108 Å². The first-order valence-electron chi connectivity index (χ1n) is 5.70. The van der Waals surface area contributed by atoms with E-state index in [0.29, 0.717) is 12.1 Å². The predicted octanol–water partition coefficient (Wildman–Crippen LogP) is 1.42. The number of rotatable bonds is 6. The zero-order valence-corrected chi connectivity index (χ0v) is 11.3. The summed E-state index contributed by atoms with van der Waals surface area (Å²) in [7, 11) is 6.61. The Kier molecular flexibility index (Phi) is 5.61. The van der Waals surface area contributed by atoms with Crippen molar-refractivity contribution in [1.29, 1.82) is 0 Å². The number of amides is 1. The molecule has 0 atom stereocenters. The van der Waals surface area contributed by atoms with E-state index in [9.17, 15) is 4.79 Å². The molecule has 0 spiro atoms. The highest BCUT2D eigenvalue weighted by Crippen LogP contribution is 2.16. The van der Waals surface area contributed by atoms with E-state index in [1.54, 1.807) is 39.3 Å². The molecule has 0 fully saturated rings. The van der Waals surface area contributed by atoms with Crippen LogP contribution in [0, 0.1) is 0 Å². The van der Waals surface area contributed by atoms with Crippen LogP contribution in [0.4, 0.5) is 5.69 Å². The van der Waals surface area contributed by atoms with Gasteiger partial charge in [0.2, 0.25) is 0 Å². The number of nitrogens with zero attached hydrogens (tertiary/aromatic N) is 1. The van der Waals surface area contributed by atoms with Crippen LogP contribution in [0.5, 0.6) is 0 Å². The first kappa shape index (κ1) is 14.5. The molecule has 0 radical (unpaired) electrons. The zero-order valence-electron chi connectivity index (χ0n) is 11.3. The average molecular weight is 252 g/mol. The summed E-state index contributed by atoms with van der Waals surface area (Å²) < 4.78 is 10.2. The third-order valence-electron chi connectivity index (χ3n) is 2.55. The highest BCUT2D eigenvalue weighted by atomic mass is 16.7. The van der Waals surface area contributed by atoms with Gasteiger partial charge in [-0.2, -0.15) is 0 Å². The first-order valence-corrected chi connectivity index (χ1v) is 5.70. The van der Waals surface area contributed by atoms with Crippen LogP contribution in [0.1, 0.15) is 10.4 Å². The van der Waals surface area contributed by atoms with E-state index in [1.165, 1.54) is 0 Å². The molecule has 0 saturated heterocycles. The number of anilines is 1. The molecule has 18 heavy (non-hydrogen) atoms. The van der Waals surface area contributed by atoms with E-state index < -0.39 is 0 Å².